The molecule has 0 unspecified atom stereocenters. The highest BCUT2D eigenvalue weighted by molar-refractivity contribution is 4.96. The van der Waals surface area contributed by atoms with E-state index in [1.807, 2.05) is 26.0 Å². The molecule has 0 amide bonds. The third kappa shape index (κ3) is 4.62. The molecule has 0 saturated carbocycles. The van der Waals surface area contributed by atoms with Crippen molar-refractivity contribution in [3.05, 3.63) is 24.8 Å². The Morgan fingerprint density at radius 1 is 1.18 bits per heavy atom. The van der Waals surface area contributed by atoms with Gasteiger partial charge in [-0.25, -0.2) is 0 Å². The van der Waals surface area contributed by atoms with E-state index in [2.05, 4.69) is 12.7 Å². The van der Waals surface area contributed by atoms with Gasteiger partial charge in [-0.15, -0.1) is 6.58 Å². The molecule has 1 aliphatic heterocycles. The molecule has 3 nitrogen and oxygen atoms in total. The second-order valence-electron chi connectivity index (χ2n) is 5.10. The van der Waals surface area contributed by atoms with E-state index in [1.54, 1.807) is 7.11 Å². The maximum atomic E-state index is 5.76. The molecule has 0 aromatic carbocycles. The summed E-state index contributed by atoms with van der Waals surface area (Å²) >= 11 is 0. The van der Waals surface area contributed by atoms with Gasteiger partial charge in [0.05, 0.1) is 19.8 Å². The van der Waals surface area contributed by atoms with Gasteiger partial charge in [-0.1, -0.05) is 18.2 Å². The normalized spacial score (nSPS) is 22.8. The fraction of sp³-hybridized carbons (Fsp3) is 0.714. The summed E-state index contributed by atoms with van der Waals surface area (Å²) in [6.45, 7) is 9.79. The molecule has 0 N–H and O–H groups in total. The molecule has 0 atom stereocenters. The van der Waals surface area contributed by atoms with Gasteiger partial charge >= 0.3 is 0 Å². The van der Waals surface area contributed by atoms with Crippen LogP contribution in [0.5, 0.6) is 0 Å². The van der Waals surface area contributed by atoms with E-state index < -0.39 is 5.79 Å². The summed E-state index contributed by atoms with van der Waals surface area (Å²) in [6, 6.07) is 0. The zero-order chi connectivity index (χ0) is 12.8. The topological polar surface area (TPSA) is 27.7 Å². The average Bonchev–Trinajstić information content (AvgIpc) is 2.29. The number of rotatable bonds is 6. The highest BCUT2D eigenvalue weighted by Crippen LogP contribution is 2.36. The SMILES string of the molecule is C=CCC1(C/C=C\COC)COC(C)(C)OC1. The first-order valence-corrected chi connectivity index (χ1v) is 6.06. The van der Waals surface area contributed by atoms with Crippen LogP contribution in [0.25, 0.3) is 0 Å². The standard InChI is InChI=1S/C14H24O3/c1-5-8-14(9-6-7-10-15-4)11-16-13(2,3)17-12-14/h5-7H,1,8-12H2,2-4H3/b7-6-. The third-order valence-corrected chi connectivity index (χ3v) is 3.01. The minimum atomic E-state index is -0.457. The third-order valence-electron chi connectivity index (χ3n) is 3.01. The van der Waals surface area contributed by atoms with Crippen molar-refractivity contribution in [2.75, 3.05) is 26.9 Å². The lowest BCUT2D eigenvalue weighted by Crippen LogP contribution is -2.46. The Morgan fingerprint density at radius 2 is 1.82 bits per heavy atom. The molecule has 0 bridgehead atoms. The van der Waals surface area contributed by atoms with Gasteiger partial charge in [0.25, 0.3) is 0 Å². The van der Waals surface area contributed by atoms with E-state index in [-0.39, 0.29) is 5.41 Å². The summed E-state index contributed by atoms with van der Waals surface area (Å²) in [5.41, 5.74) is 0.0293. The summed E-state index contributed by atoms with van der Waals surface area (Å²) in [4.78, 5) is 0. The van der Waals surface area contributed by atoms with Gasteiger partial charge in [0.2, 0.25) is 0 Å². The van der Waals surface area contributed by atoms with E-state index in [0.717, 1.165) is 12.8 Å². The fourth-order valence-electron chi connectivity index (χ4n) is 1.86. The van der Waals surface area contributed by atoms with Gasteiger partial charge in [-0.3, -0.25) is 0 Å². The fourth-order valence-corrected chi connectivity index (χ4v) is 1.86. The minimum absolute atomic E-state index is 0.0293. The predicted octanol–water partition coefficient (Wildman–Crippen LogP) is 2.92. The Labute approximate surface area is 104 Å². The average molecular weight is 240 g/mol. The van der Waals surface area contributed by atoms with Gasteiger partial charge in [0.1, 0.15) is 0 Å². The maximum Gasteiger partial charge on any atom is 0.162 e. The largest absolute Gasteiger partial charge is 0.381 e. The molecule has 0 aromatic rings. The molecule has 1 heterocycles. The van der Waals surface area contributed by atoms with Gasteiger partial charge in [-0.05, 0) is 26.7 Å². The Hall–Kier alpha value is -0.640. The molecule has 0 aromatic heterocycles. The van der Waals surface area contributed by atoms with Crippen LogP contribution in [0.2, 0.25) is 0 Å². The summed E-state index contributed by atoms with van der Waals surface area (Å²) in [7, 11) is 1.69. The van der Waals surface area contributed by atoms with Crippen LogP contribution < -0.4 is 0 Å². The van der Waals surface area contributed by atoms with Crippen molar-refractivity contribution < 1.29 is 14.2 Å². The second kappa shape index (κ2) is 6.34. The van der Waals surface area contributed by atoms with Crippen molar-refractivity contribution in [2.24, 2.45) is 5.41 Å². The number of methoxy groups -OCH3 is 1. The molecule has 0 aliphatic carbocycles. The summed E-state index contributed by atoms with van der Waals surface area (Å²) in [6.07, 6.45) is 7.94. The van der Waals surface area contributed by atoms with Gasteiger partial charge in [0, 0.05) is 12.5 Å². The summed E-state index contributed by atoms with van der Waals surface area (Å²) in [5, 5.41) is 0. The quantitative estimate of drug-likeness (QED) is 0.668. The van der Waals surface area contributed by atoms with Crippen LogP contribution in [0.1, 0.15) is 26.7 Å². The van der Waals surface area contributed by atoms with Crippen molar-refractivity contribution in [1.29, 1.82) is 0 Å². The van der Waals surface area contributed by atoms with E-state index in [9.17, 15) is 0 Å². The number of hydrogen-bond acceptors (Lipinski definition) is 3. The zero-order valence-corrected chi connectivity index (χ0v) is 11.2. The lowest BCUT2D eigenvalue weighted by molar-refractivity contribution is -0.284. The molecule has 1 fully saturated rings. The Kier molecular flexibility index (Phi) is 5.37. The van der Waals surface area contributed by atoms with Gasteiger partial charge in [-0.2, -0.15) is 0 Å². The van der Waals surface area contributed by atoms with Crippen LogP contribution in [-0.2, 0) is 14.2 Å². The van der Waals surface area contributed by atoms with E-state index in [1.165, 1.54) is 0 Å². The van der Waals surface area contributed by atoms with Crippen molar-refractivity contribution >= 4 is 0 Å². The molecule has 1 aliphatic rings. The number of ether oxygens (including phenoxy) is 3. The van der Waals surface area contributed by atoms with Gasteiger partial charge < -0.3 is 14.2 Å². The highest BCUT2D eigenvalue weighted by Gasteiger charge is 2.38. The predicted molar refractivity (Wildman–Crippen MR) is 68.9 cm³/mol. The highest BCUT2D eigenvalue weighted by atomic mass is 16.7. The van der Waals surface area contributed by atoms with Crippen LogP contribution in [0.3, 0.4) is 0 Å². The first-order chi connectivity index (χ1) is 8.04. The lowest BCUT2D eigenvalue weighted by atomic mass is 9.81. The van der Waals surface area contributed by atoms with Crippen molar-refractivity contribution in [3.63, 3.8) is 0 Å². The van der Waals surface area contributed by atoms with E-state index in [4.69, 9.17) is 14.2 Å². The molecule has 3 heteroatoms. The first kappa shape index (κ1) is 14.4. The molecule has 0 radical (unpaired) electrons. The molecule has 0 spiro atoms. The molecular formula is C14H24O3. The smallest absolute Gasteiger partial charge is 0.162 e. The molecule has 1 saturated heterocycles. The summed E-state index contributed by atoms with van der Waals surface area (Å²) in [5.74, 6) is -0.457. The molecule has 1 rings (SSSR count). The minimum Gasteiger partial charge on any atom is -0.381 e. The molecular weight excluding hydrogens is 216 g/mol. The second-order valence-corrected chi connectivity index (χ2v) is 5.10. The molecule has 17 heavy (non-hydrogen) atoms. The van der Waals surface area contributed by atoms with Crippen LogP contribution in [0.15, 0.2) is 24.8 Å². The van der Waals surface area contributed by atoms with E-state index in [0.29, 0.717) is 19.8 Å². The van der Waals surface area contributed by atoms with Crippen LogP contribution in [-0.4, -0.2) is 32.7 Å². The Balaban J connectivity index is 2.55. The van der Waals surface area contributed by atoms with E-state index >= 15 is 0 Å². The van der Waals surface area contributed by atoms with Crippen molar-refractivity contribution in [2.45, 2.75) is 32.5 Å². The molecule has 98 valence electrons. The number of allylic oxidation sites excluding steroid dienone is 2. The monoisotopic (exact) mass is 240 g/mol. The van der Waals surface area contributed by atoms with Gasteiger partial charge in [0.15, 0.2) is 5.79 Å². The van der Waals surface area contributed by atoms with Crippen molar-refractivity contribution in [1.82, 2.24) is 0 Å². The summed E-state index contributed by atoms with van der Waals surface area (Å²) < 4.78 is 16.5. The Bertz CT molecular complexity index is 259. The maximum absolute atomic E-state index is 5.76. The van der Waals surface area contributed by atoms with Crippen molar-refractivity contribution in [3.8, 4) is 0 Å². The Morgan fingerprint density at radius 3 is 2.35 bits per heavy atom. The lowest BCUT2D eigenvalue weighted by Gasteiger charge is -2.42. The first-order valence-electron chi connectivity index (χ1n) is 6.06. The van der Waals surface area contributed by atoms with Crippen LogP contribution >= 0.6 is 0 Å². The number of hydrogen-bond donors (Lipinski definition) is 0. The zero-order valence-electron chi connectivity index (χ0n) is 11.2. The van der Waals surface area contributed by atoms with Crippen LogP contribution in [0, 0.1) is 5.41 Å². The van der Waals surface area contributed by atoms with Crippen LogP contribution in [0.4, 0.5) is 0 Å².